The number of rotatable bonds is 5. The van der Waals surface area contributed by atoms with Gasteiger partial charge in [0.15, 0.2) is 0 Å². The Balaban J connectivity index is 4.61. The zero-order valence-corrected chi connectivity index (χ0v) is 12.5. The number of nitrogens with zero attached hydrogens (tertiary/aromatic N) is 1. The zero-order valence-electron chi connectivity index (χ0n) is 12.5. The first kappa shape index (κ1) is 16.7. The fourth-order valence-corrected chi connectivity index (χ4v) is 1.22. The average Bonchev–Trinajstić information content (AvgIpc) is 2.22. The van der Waals surface area contributed by atoms with Crippen LogP contribution in [0.2, 0.25) is 0 Å². The van der Waals surface area contributed by atoms with Crippen molar-refractivity contribution in [1.29, 1.82) is 0 Å². The third kappa shape index (κ3) is 4.51. The lowest BCUT2D eigenvalue weighted by Gasteiger charge is -2.40. The van der Waals surface area contributed by atoms with Crippen LogP contribution in [0.5, 0.6) is 0 Å². The summed E-state index contributed by atoms with van der Waals surface area (Å²) in [6, 6.07) is 0. The molecule has 0 rings (SSSR count). The fourth-order valence-electron chi connectivity index (χ4n) is 1.22. The molecule has 4 heteroatoms. The van der Waals surface area contributed by atoms with E-state index in [9.17, 15) is 9.59 Å². The number of hydrogen-bond donors (Lipinski definition) is 1. The van der Waals surface area contributed by atoms with Crippen LogP contribution in [0.4, 0.5) is 0 Å². The second-order valence-electron chi connectivity index (χ2n) is 5.98. The van der Waals surface area contributed by atoms with Crippen molar-refractivity contribution >= 4 is 11.8 Å². The summed E-state index contributed by atoms with van der Waals surface area (Å²) in [6.45, 7) is 16.0. The van der Waals surface area contributed by atoms with Gasteiger partial charge in [0.1, 0.15) is 0 Å². The van der Waals surface area contributed by atoms with E-state index in [1.54, 1.807) is 0 Å². The van der Waals surface area contributed by atoms with E-state index >= 15 is 0 Å². The largest absolute Gasteiger partial charge is 0.349 e. The highest BCUT2D eigenvalue weighted by atomic mass is 16.2. The first-order valence-corrected chi connectivity index (χ1v) is 6.27. The molecule has 0 atom stereocenters. The third-order valence-corrected chi connectivity index (χ3v) is 3.53. The SMILES string of the molecule is C=CC(=O)N(CC)CC(=O)NC(C)(C)C(C)(C)C. The predicted octanol–water partition coefficient (Wildman–Crippen LogP) is 1.96. The summed E-state index contributed by atoms with van der Waals surface area (Å²) in [5.41, 5.74) is -0.386. The molecular formula is C14H26N2O2. The number of likely N-dealkylation sites (N-methyl/N-ethyl adjacent to an activating group) is 1. The lowest BCUT2D eigenvalue weighted by molar-refractivity contribution is -0.133. The molecule has 0 aromatic rings. The number of amides is 2. The Morgan fingerprint density at radius 1 is 1.22 bits per heavy atom. The van der Waals surface area contributed by atoms with Crippen LogP contribution in [-0.2, 0) is 9.59 Å². The summed E-state index contributed by atoms with van der Waals surface area (Å²) >= 11 is 0. The number of carbonyl (C=O) groups excluding carboxylic acids is 2. The van der Waals surface area contributed by atoms with Gasteiger partial charge in [-0.05, 0) is 32.3 Å². The standard InChI is InChI=1S/C14H26N2O2/c1-8-12(18)16(9-2)10-11(17)15-14(6,7)13(3,4)5/h8H,1,9-10H2,2-7H3,(H,15,17). The minimum atomic E-state index is -0.333. The van der Waals surface area contributed by atoms with E-state index in [0.717, 1.165) is 0 Å². The highest BCUT2D eigenvalue weighted by Crippen LogP contribution is 2.29. The normalized spacial score (nSPS) is 11.9. The van der Waals surface area contributed by atoms with Gasteiger partial charge >= 0.3 is 0 Å². The molecule has 1 N–H and O–H groups in total. The number of carbonyl (C=O) groups is 2. The monoisotopic (exact) mass is 254 g/mol. The molecule has 18 heavy (non-hydrogen) atoms. The van der Waals surface area contributed by atoms with Crippen molar-refractivity contribution < 1.29 is 9.59 Å². The number of nitrogens with one attached hydrogen (secondary N) is 1. The van der Waals surface area contributed by atoms with Gasteiger partial charge in [-0.15, -0.1) is 0 Å². The Labute approximate surface area is 110 Å². The Morgan fingerprint density at radius 2 is 1.72 bits per heavy atom. The lowest BCUT2D eigenvalue weighted by Crippen LogP contribution is -2.55. The van der Waals surface area contributed by atoms with Crippen molar-refractivity contribution in [2.45, 2.75) is 47.1 Å². The topological polar surface area (TPSA) is 49.4 Å². The Hall–Kier alpha value is -1.32. The first-order valence-electron chi connectivity index (χ1n) is 6.27. The van der Waals surface area contributed by atoms with Crippen LogP contribution in [0.3, 0.4) is 0 Å². The maximum absolute atomic E-state index is 12.0. The van der Waals surface area contributed by atoms with E-state index in [0.29, 0.717) is 6.54 Å². The molecule has 0 saturated carbocycles. The van der Waals surface area contributed by atoms with Gasteiger partial charge in [0.2, 0.25) is 11.8 Å². The van der Waals surface area contributed by atoms with Gasteiger partial charge < -0.3 is 10.2 Å². The Bertz CT molecular complexity index is 327. The smallest absolute Gasteiger partial charge is 0.246 e. The molecular weight excluding hydrogens is 228 g/mol. The van der Waals surface area contributed by atoms with Gasteiger partial charge in [-0.25, -0.2) is 0 Å². The Kier molecular flexibility index (Phi) is 5.58. The van der Waals surface area contributed by atoms with Gasteiger partial charge in [0.05, 0.1) is 6.54 Å². The molecule has 0 aromatic carbocycles. The quantitative estimate of drug-likeness (QED) is 0.762. The second-order valence-corrected chi connectivity index (χ2v) is 5.98. The van der Waals surface area contributed by atoms with Crippen LogP contribution in [-0.4, -0.2) is 35.3 Å². The van der Waals surface area contributed by atoms with E-state index in [1.165, 1.54) is 11.0 Å². The van der Waals surface area contributed by atoms with Crippen molar-refractivity contribution in [3.8, 4) is 0 Å². The molecule has 0 heterocycles. The summed E-state index contributed by atoms with van der Waals surface area (Å²) in [6.07, 6.45) is 1.23. The van der Waals surface area contributed by atoms with Crippen LogP contribution in [0.25, 0.3) is 0 Å². The van der Waals surface area contributed by atoms with Crippen LogP contribution in [0.1, 0.15) is 41.5 Å². The molecule has 2 amide bonds. The summed E-state index contributed by atoms with van der Waals surface area (Å²) in [5.74, 6) is -0.367. The second kappa shape index (κ2) is 6.03. The fraction of sp³-hybridized carbons (Fsp3) is 0.714. The van der Waals surface area contributed by atoms with Crippen LogP contribution in [0, 0.1) is 5.41 Å². The average molecular weight is 254 g/mol. The maximum atomic E-state index is 12.0. The van der Waals surface area contributed by atoms with Crippen molar-refractivity contribution in [3.63, 3.8) is 0 Å². The van der Waals surface area contributed by atoms with Gasteiger partial charge in [0.25, 0.3) is 0 Å². The molecule has 4 nitrogen and oxygen atoms in total. The molecule has 0 unspecified atom stereocenters. The minimum Gasteiger partial charge on any atom is -0.349 e. The van der Waals surface area contributed by atoms with E-state index in [4.69, 9.17) is 0 Å². The lowest BCUT2D eigenvalue weighted by atomic mass is 9.76. The zero-order chi connectivity index (χ0) is 14.6. The van der Waals surface area contributed by atoms with Gasteiger partial charge in [-0.3, -0.25) is 9.59 Å². The van der Waals surface area contributed by atoms with Crippen molar-refractivity contribution in [3.05, 3.63) is 12.7 Å². The summed E-state index contributed by atoms with van der Waals surface area (Å²) in [7, 11) is 0. The highest BCUT2D eigenvalue weighted by molar-refractivity contribution is 5.91. The molecule has 0 radical (unpaired) electrons. The van der Waals surface area contributed by atoms with E-state index in [-0.39, 0.29) is 29.3 Å². The summed E-state index contributed by atoms with van der Waals surface area (Å²) in [5, 5.41) is 2.97. The summed E-state index contributed by atoms with van der Waals surface area (Å²) < 4.78 is 0. The Morgan fingerprint density at radius 3 is 2.06 bits per heavy atom. The van der Waals surface area contributed by atoms with Gasteiger partial charge in [-0.1, -0.05) is 27.4 Å². The molecule has 0 saturated heterocycles. The molecule has 0 aliphatic heterocycles. The third-order valence-electron chi connectivity index (χ3n) is 3.53. The van der Waals surface area contributed by atoms with Gasteiger partial charge in [0, 0.05) is 12.1 Å². The molecule has 0 aromatic heterocycles. The van der Waals surface area contributed by atoms with Crippen LogP contribution >= 0.6 is 0 Å². The molecule has 0 aliphatic rings. The maximum Gasteiger partial charge on any atom is 0.246 e. The predicted molar refractivity (Wildman–Crippen MR) is 74.1 cm³/mol. The van der Waals surface area contributed by atoms with Crippen molar-refractivity contribution in [1.82, 2.24) is 10.2 Å². The number of hydrogen-bond acceptors (Lipinski definition) is 2. The van der Waals surface area contributed by atoms with Crippen molar-refractivity contribution in [2.24, 2.45) is 5.41 Å². The van der Waals surface area contributed by atoms with Gasteiger partial charge in [-0.2, -0.15) is 0 Å². The molecule has 0 fully saturated rings. The van der Waals surface area contributed by atoms with E-state index < -0.39 is 0 Å². The molecule has 0 bridgehead atoms. The van der Waals surface area contributed by atoms with E-state index in [1.807, 2.05) is 20.8 Å². The minimum absolute atomic E-state index is 0.0534. The molecule has 104 valence electrons. The van der Waals surface area contributed by atoms with Crippen LogP contribution in [0.15, 0.2) is 12.7 Å². The first-order chi connectivity index (χ1) is 8.05. The van der Waals surface area contributed by atoms with Crippen molar-refractivity contribution in [2.75, 3.05) is 13.1 Å². The van der Waals surface area contributed by atoms with Crippen LogP contribution < -0.4 is 5.32 Å². The molecule has 0 aliphatic carbocycles. The molecule has 0 spiro atoms. The highest BCUT2D eigenvalue weighted by Gasteiger charge is 2.34. The van der Waals surface area contributed by atoms with E-state index in [2.05, 4.69) is 32.7 Å². The summed E-state index contributed by atoms with van der Waals surface area (Å²) in [4.78, 5) is 24.9.